The Morgan fingerprint density at radius 3 is 2.91 bits per heavy atom. The minimum atomic E-state index is 0.931. The van der Waals surface area contributed by atoms with Crippen molar-refractivity contribution in [2.75, 3.05) is 0 Å². The van der Waals surface area contributed by atoms with E-state index in [1.54, 1.807) is 0 Å². The number of halogens is 1. The summed E-state index contributed by atoms with van der Waals surface area (Å²) >= 11 is 2.25. The first-order valence-corrected chi connectivity index (χ1v) is 5.10. The summed E-state index contributed by atoms with van der Waals surface area (Å²) in [5.41, 5.74) is 0. The van der Waals surface area contributed by atoms with Crippen LogP contribution in [0.5, 0.6) is 0 Å². The largest absolute Gasteiger partial charge is 0.336 e. The zero-order valence-corrected chi connectivity index (χ0v) is 8.49. The van der Waals surface area contributed by atoms with Crippen molar-refractivity contribution in [3.05, 3.63) is 16.2 Å². The second kappa shape index (κ2) is 3.13. The fourth-order valence-electron chi connectivity index (χ4n) is 1.41. The van der Waals surface area contributed by atoms with E-state index in [0.29, 0.717) is 0 Å². The van der Waals surface area contributed by atoms with Crippen molar-refractivity contribution in [3.8, 4) is 0 Å². The lowest BCUT2D eigenvalue weighted by Crippen LogP contribution is -2.16. The maximum atomic E-state index is 4.18. The summed E-state index contributed by atoms with van der Waals surface area (Å²) in [5.74, 6) is 0.931. The molecule has 0 saturated heterocycles. The number of aromatic nitrogens is 2. The summed E-state index contributed by atoms with van der Waals surface area (Å²) in [6, 6.07) is 0. The minimum absolute atomic E-state index is 0.931. The van der Waals surface area contributed by atoms with Gasteiger partial charge in [-0.25, -0.2) is 4.98 Å². The monoisotopic (exact) mass is 262 g/mol. The quantitative estimate of drug-likeness (QED) is 0.748. The van der Waals surface area contributed by atoms with Gasteiger partial charge >= 0.3 is 0 Å². The molecule has 1 aromatic heterocycles. The fourth-order valence-corrected chi connectivity index (χ4v) is 1.89. The summed E-state index contributed by atoms with van der Waals surface area (Å²) in [4.78, 5) is 4.18. The number of hydrogen-bond acceptors (Lipinski definition) is 1. The van der Waals surface area contributed by atoms with Crippen molar-refractivity contribution in [1.82, 2.24) is 9.55 Å². The van der Waals surface area contributed by atoms with Gasteiger partial charge in [0, 0.05) is 12.7 Å². The molecule has 0 amide bonds. The van der Waals surface area contributed by atoms with Gasteiger partial charge in [-0.2, -0.15) is 0 Å². The van der Waals surface area contributed by atoms with E-state index in [0.717, 1.165) is 9.62 Å². The molecule has 0 bridgehead atoms. The van der Waals surface area contributed by atoms with Crippen LogP contribution in [-0.4, -0.2) is 9.55 Å². The maximum Gasteiger partial charge on any atom is 0.119 e. The molecule has 0 aromatic carbocycles. The van der Waals surface area contributed by atoms with E-state index in [1.807, 2.05) is 6.33 Å². The first-order valence-electron chi connectivity index (χ1n) is 4.02. The first-order chi connectivity index (χ1) is 5.34. The molecule has 11 heavy (non-hydrogen) atoms. The molecular formula is C8H11IN2. The molecule has 1 aromatic rings. The topological polar surface area (TPSA) is 17.8 Å². The SMILES string of the molecule is Ic1cn(CC2CCC2)cn1. The summed E-state index contributed by atoms with van der Waals surface area (Å²) in [6.07, 6.45) is 8.29. The van der Waals surface area contributed by atoms with Gasteiger partial charge in [0.05, 0.1) is 6.33 Å². The van der Waals surface area contributed by atoms with Gasteiger partial charge in [-0.1, -0.05) is 6.42 Å². The molecule has 1 fully saturated rings. The van der Waals surface area contributed by atoms with Crippen molar-refractivity contribution in [1.29, 1.82) is 0 Å². The average molecular weight is 262 g/mol. The minimum Gasteiger partial charge on any atom is -0.336 e. The number of nitrogens with zero attached hydrogens (tertiary/aromatic N) is 2. The standard InChI is InChI=1S/C8H11IN2/c9-8-5-11(6-10-8)4-7-2-1-3-7/h5-7H,1-4H2. The Balaban J connectivity index is 1.95. The normalized spacial score (nSPS) is 18.3. The second-order valence-corrected chi connectivity index (χ2v) is 4.30. The zero-order valence-electron chi connectivity index (χ0n) is 6.33. The maximum absolute atomic E-state index is 4.18. The summed E-state index contributed by atoms with van der Waals surface area (Å²) in [5, 5.41) is 0. The molecule has 1 aliphatic rings. The molecule has 0 N–H and O–H groups in total. The molecule has 60 valence electrons. The van der Waals surface area contributed by atoms with E-state index >= 15 is 0 Å². The fraction of sp³-hybridized carbons (Fsp3) is 0.625. The highest BCUT2D eigenvalue weighted by molar-refractivity contribution is 14.1. The third kappa shape index (κ3) is 1.75. The molecule has 0 aliphatic heterocycles. The van der Waals surface area contributed by atoms with E-state index < -0.39 is 0 Å². The molecule has 0 unspecified atom stereocenters. The Morgan fingerprint density at radius 1 is 1.64 bits per heavy atom. The molecular weight excluding hydrogens is 251 g/mol. The Labute approximate surface area is 80.2 Å². The highest BCUT2D eigenvalue weighted by Gasteiger charge is 2.17. The van der Waals surface area contributed by atoms with Crippen LogP contribution in [0.2, 0.25) is 0 Å². The third-order valence-electron chi connectivity index (χ3n) is 2.30. The highest BCUT2D eigenvalue weighted by Crippen LogP contribution is 2.27. The van der Waals surface area contributed by atoms with Crippen LogP contribution in [0, 0.1) is 9.62 Å². The second-order valence-electron chi connectivity index (χ2n) is 3.19. The van der Waals surface area contributed by atoms with Gasteiger partial charge in [-0.3, -0.25) is 0 Å². The van der Waals surface area contributed by atoms with Crippen LogP contribution >= 0.6 is 22.6 Å². The van der Waals surface area contributed by atoms with Gasteiger partial charge in [0.1, 0.15) is 3.70 Å². The molecule has 0 spiro atoms. The molecule has 3 heteroatoms. The van der Waals surface area contributed by atoms with Crippen LogP contribution in [0.1, 0.15) is 19.3 Å². The lowest BCUT2D eigenvalue weighted by Gasteiger charge is -2.25. The van der Waals surface area contributed by atoms with E-state index in [-0.39, 0.29) is 0 Å². The Kier molecular flexibility index (Phi) is 2.16. The van der Waals surface area contributed by atoms with Crippen LogP contribution in [0.25, 0.3) is 0 Å². The van der Waals surface area contributed by atoms with Crippen LogP contribution in [-0.2, 0) is 6.54 Å². The van der Waals surface area contributed by atoms with Gasteiger partial charge < -0.3 is 4.57 Å². The molecule has 2 rings (SSSR count). The summed E-state index contributed by atoms with van der Waals surface area (Å²) < 4.78 is 3.30. The number of hydrogen-bond donors (Lipinski definition) is 0. The van der Waals surface area contributed by atoms with Crippen LogP contribution < -0.4 is 0 Å². The van der Waals surface area contributed by atoms with Gasteiger partial charge in [-0.05, 0) is 41.4 Å². The zero-order chi connectivity index (χ0) is 7.68. The van der Waals surface area contributed by atoms with Gasteiger partial charge in [0.25, 0.3) is 0 Å². The van der Waals surface area contributed by atoms with Gasteiger partial charge in [0.15, 0.2) is 0 Å². The third-order valence-corrected chi connectivity index (χ3v) is 2.85. The van der Waals surface area contributed by atoms with E-state index in [1.165, 1.54) is 25.8 Å². The van der Waals surface area contributed by atoms with Crippen molar-refractivity contribution in [2.45, 2.75) is 25.8 Å². The van der Waals surface area contributed by atoms with Crippen molar-refractivity contribution < 1.29 is 0 Å². The van der Waals surface area contributed by atoms with Crippen molar-refractivity contribution in [3.63, 3.8) is 0 Å². The number of imidazole rings is 1. The number of rotatable bonds is 2. The molecule has 1 heterocycles. The average Bonchev–Trinajstić information content (AvgIpc) is 2.27. The Hall–Kier alpha value is -0.0600. The predicted molar refractivity (Wildman–Crippen MR) is 52.3 cm³/mol. The smallest absolute Gasteiger partial charge is 0.119 e. The van der Waals surface area contributed by atoms with E-state index in [9.17, 15) is 0 Å². The van der Waals surface area contributed by atoms with Crippen molar-refractivity contribution in [2.24, 2.45) is 5.92 Å². The molecule has 0 radical (unpaired) electrons. The molecule has 2 nitrogen and oxygen atoms in total. The van der Waals surface area contributed by atoms with Crippen LogP contribution in [0.3, 0.4) is 0 Å². The lowest BCUT2D eigenvalue weighted by molar-refractivity contribution is 0.276. The Morgan fingerprint density at radius 2 is 2.45 bits per heavy atom. The van der Waals surface area contributed by atoms with Gasteiger partial charge in [-0.15, -0.1) is 0 Å². The van der Waals surface area contributed by atoms with E-state index in [4.69, 9.17) is 0 Å². The molecule has 1 saturated carbocycles. The van der Waals surface area contributed by atoms with Crippen LogP contribution in [0.15, 0.2) is 12.5 Å². The summed E-state index contributed by atoms with van der Waals surface area (Å²) in [6.45, 7) is 1.18. The predicted octanol–water partition coefficient (Wildman–Crippen LogP) is 2.29. The molecule has 0 atom stereocenters. The molecule has 1 aliphatic carbocycles. The lowest BCUT2D eigenvalue weighted by atomic mass is 9.85. The van der Waals surface area contributed by atoms with Crippen molar-refractivity contribution >= 4 is 22.6 Å². The van der Waals surface area contributed by atoms with Crippen LogP contribution in [0.4, 0.5) is 0 Å². The summed E-state index contributed by atoms with van der Waals surface area (Å²) in [7, 11) is 0. The Bertz CT molecular complexity index is 240. The van der Waals surface area contributed by atoms with Gasteiger partial charge in [0.2, 0.25) is 0 Å². The highest BCUT2D eigenvalue weighted by atomic mass is 127. The van der Waals surface area contributed by atoms with E-state index in [2.05, 4.69) is 38.3 Å². The first kappa shape index (κ1) is 7.58.